The lowest BCUT2D eigenvalue weighted by Crippen LogP contribution is -2.17. The molecule has 0 spiro atoms. The van der Waals surface area contributed by atoms with Crippen molar-refractivity contribution >= 4 is 22.4 Å². The highest BCUT2D eigenvalue weighted by atomic mass is 19.1. The smallest absolute Gasteiger partial charge is 0.163 e. The molecule has 1 fully saturated rings. The monoisotopic (exact) mass is 518 g/mol. The van der Waals surface area contributed by atoms with Crippen molar-refractivity contribution in [3.8, 4) is 16.9 Å². The Morgan fingerprint density at radius 3 is 2.46 bits per heavy atom. The molecule has 1 aliphatic heterocycles. The molecule has 1 atom stereocenters. The van der Waals surface area contributed by atoms with Crippen LogP contribution < -0.4 is 9.64 Å². The van der Waals surface area contributed by atoms with E-state index < -0.39 is 5.92 Å². The lowest BCUT2D eigenvalue weighted by molar-refractivity contribution is 0.0977. The second-order valence-corrected chi connectivity index (χ2v) is 10.2. The van der Waals surface area contributed by atoms with Crippen LogP contribution in [0.15, 0.2) is 97.1 Å². The number of para-hydroxylation sites is 1. The zero-order chi connectivity index (χ0) is 26.8. The average Bonchev–Trinajstić information content (AvgIpc) is 3.67. The van der Waals surface area contributed by atoms with Crippen LogP contribution in [0, 0.1) is 5.82 Å². The summed E-state index contributed by atoms with van der Waals surface area (Å²) < 4.78 is 20.0. The maximum Gasteiger partial charge on any atom is 0.163 e. The molecular weight excluding hydrogens is 487 g/mol. The van der Waals surface area contributed by atoms with Crippen molar-refractivity contribution in [3.05, 3.63) is 120 Å². The number of ether oxygens (including phenoxy) is 1. The molecule has 4 nitrogen and oxygen atoms in total. The Labute approximate surface area is 228 Å². The van der Waals surface area contributed by atoms with Crippen LogP contribution in [-0.2, 0) is 0 Å². The SMILES string of the molecule is COc1ccc(F)cc1[C@@H](CC(=O)c1cccc(-c2ccc(N3CCCC3)cc2)c1)c1cc2ccccc2[nH]1. The summed E-state index contributed by atoms with van der Waals surface area (Å²) in [6, 6.07) is 30.8. The molecule has 5 heteroatoms. The van der Waals surface area contributed by atoms with Crippen LogP contribution in [0.1, 0.15) is 46.8 Å². The Balaban J connectivity index is 1.32. The molecule has 1 N–H and O–H groups in total. The number of carbonyl (C=O) groups excluding carboxylic acids is 1. The number of nitrogens with one attached hydrogen (secondary N) is 1. The number of rotatable bonds is 8. The van der Waals surface area contributed by atoms with Crippen molar-refractivity contribution < 1.29 is 13.9 Å². The molecule has 0 saturated carbocycles. The molecule has 1 aliphatic rings. The number of ketones is 1. The second kappa shape index (κ2) is 10.8. The van der Waals surface area contributed by atoms with Gasteiger partial charge < -0.3 is 14.6 Å². The van der Waals surface area contributed by atoms with Gasteiger partial charge in [0.1, 0.15) is 11.6 Å². The van der Waals surface area contributed by atoms with E-state index >= 15 is 0 Å². The van der Waals surface area contributed by atoms with Crippen LogP contribution in [0.3, 0.4) is 0 Å². The zero-order valence-corrected chi connectivity index (χ0v) is 22.0. The van der Waals surface area contributed by atoms with Gasteiger partial charge in [0.25, 0.3) is 0 Å². The van der Waals surface area contributed by atoms with E-state index in [0.29, 0.717) is 16.9 Å². The van der Waals surface area contributed by atoms with Gasteiger partial charge in [0.05, 0.1) is 7.11 Å². The van der Waals surface area contributed by atoms with Gasteiger partial charge in [-0.2, -0.15) is 0 Å². The lowest BCUT2D eigenvalue weighted by atomic mass is 9.87. The number of methoxy groups -OCH3 is 1. The molecule has 1 aromatic heterocycles. The molecule has 196 valence electrons. The van der Waals surface area contributed by atoms with Gasteiger partial charge in [-0.3, -0.25) is 4.79 Å². The Kier molecular flexibility index (Phi) is 6.89. The number of H-pyrrole nitrogens is 1. The van der Waals surface area contributed by atoms with Crippen LogP contribution in [0.25, 0.3) is 22.0 Å². The second-order valence-electron chi connectivity index (χ2n) is 10.2. The van der Waals surface area contributed by atoms with E-state index in [1.54, 1.807) is 13.2 Å². The molecule has 0 radical (unpaired) electrons. The van der Waals surface area contributed by atoms with Crippen molar-refractivity contribution in [1.82, 2.24) is 4.98 Å². The Bertz CT molecular complexity index is 1580. The molecule has 4 aromatic carbocycles. The number of hydrogen-bond donors (Lipinski definition) is 1. The number of nitrogens with zero attached hydrogens (tertiary/aromatic N) is 1. The number of anilines is 1. The highest BCUT2D eigenvalue weighted by molar-refractivity contribution is 5.98. The fourth-order valence-electron chi connectivity index (χ4n) is 5.66. The lowest BCUT2D eigenvalue weighted by Gasteiger charge is -2.19. The summed E-state index contributed by atoms with van der Waals surface area (Å²) in [5, 5.41) is 1.04. The van der Waals surface area contributed by atoms with E-state index in [0.717, 1.165) is 40.8 Å². The molecule has 2 heterocycles. The molecule has 6 rings (SSSR count). The zero-order valence-electron chi connectivity index (χ0n) is 22.0. The fourth-order valence-corrected chi connectivity index (χ4v) is 5.66. The van der Waals surface area contributed by atoms with Crippen molar-refractivity contribution in [3.63, 3.8) is 0 Å². The molecule has 1 saturated heterocycles. The van der Waals surface area contributed by atoms with Crippen molar-refractivity contribution in [2.45, 2.75) is 25.2 Å². The topological polar surface area (TPSA) is 45.3 Å². The Morgan fingerprint density at radius 2 is 1.69 bits per heavy atom. The van der Waals surface area contributed by atoms with Crippen LogP contribution in [0.2, 0.25) is 0 Å². The third-order valence-electron chi connectivity index (χ3n) is 7.74. The van der Waals surface area contributed by atoms with E-state index in [2.05, 4.69) is 34.1 Å². The quantitative estimate of drug-likeness (QED) is 0.212. The third kappa shape index (κ3) is 5.17. The number of fused-ring (bicyclic) bond motifs is 1. The number of aromatic nitrogens is 1. The van der Waals surface area contributed by atoms with Crippen LogP contribution in [0.5, 0.6) is 5.75 Å². The van der Waals surface area contributed by atoms with Crippen molar-refractivity contribution in [2.24, 2.45) is 0 Å². The van der Waals surface area contributed by atoms with Crippen LogP contribution >= 0.6 is 0 Å². The standard InChI is InChI=1S/C34H31FN2O2/c1-39-34-16-13-27(35)21-30(34)29(32-20-25-7-2-3-10-31(25)36-32)22-33(38)26-9-6-8-24(19-26)23-11-14-28(15-12-23)37-17-4-5-18-37/h2-3,6-16,19-21,29,36H,4-5,17-18,22H2,1H3/t29-/m1/s1. The van der Waals surface area contributed by atoms with Crippen LogP contribution in [0.4, 0.5) is 10.1 Å². The highest BCUT2D eigenvalue weighted by Crippen LogP contribution is 2.37. The maximum absolute atomic E-state index is 14.4. The van der Waals surface area contributed by atoms with E-state index in [1.807, 2.05) is 54.6 Å². The maximum atomic E-state index is 14.4. The van der Waals surface area contributed by atoms with Gasteiger partial charge in [-0.25, -0.2) is 4.39 Å². The van der Waals surface area contributed by atoms with Crippen molar-refractivity contribution in [1.29, 1.82) is 0 Å². The normalized spacial score (nSPS) is 14.1. The molecule has 0 amide bonds. The first-order chi connectivity index (χ1) is 19.1. The third-order valence-corrected chi connectivity index (χ3v) is 7.74. The number of benzene rings is 4. The van der Waals surface area contributed by atoms with Gasteiger partial charge in [0.2, 0.25) is 0 Å². The highest BCUT2D eigenvalue weighted by Gasteiger charge is 2.25. The van der Waals surface area contributed by atoms with E-state index in [9.17, 15) is 9.18 Å². The summed E-state index contributed by atoms with van der Waals surface area (Å²) in [5.41, 5.74) is 6.42. The fraction of sp³-hybridized carbons (Fsp3) is 0.206. The van der Waals surface area contributed by atoms with Gasteiger partial charge >= 0.3 is 0 Å². The number of Topliss-reactive ketones (excluding diaryl/α,β-unsaturated/α-hetero) is 1. The van der Waals surface area contributed by atoms with E-state index in [-0.39, 0.29) is 18.0 Å². The predicted octanol–water partition coefficient (Wildman–Crippen LogP) is 7.99. The van der Waals surface area contributed by atoms with Crippen molar-refractivity contribution in [2.75, 3.05) is 25.1 Å². The van der Waals surface area contributed by atoms with Gasteiger partial charge in [0, 0.05) is 53.5 Å². The molecule has 0 aliphatic carbocycles. The first-order valence-corrected chi connectivity index (χ1v) is 13.5. The Hall–Kier alpha value is -4.38. The minimum atomic E-state index is -0.404. The summed E-state index contributed by atoms with van der Waals surface area (Å²) in [6.45, 7) is 2.22. The number of carbonyl (C=O) groups is 1. The molecule has 0 unspecified atom stereocenters. The van der Waals surface area contributed by atoms with Crippen LogP contribution in [-0.4, -0.2) is 31.0 Å². The Morgan fingerprint density at radius 1 is 0.897 bits per heavy atom. The molecule has 0 bridgehead atoms. The van der Waals surface area contributed by atoms with Gasteiger partial charge in [-0.1, -0.05) is 48.5 Å². The minimum Gasteiger partial charge on any atom is -0.496 e. The number of aromatic amines is 1. The van der Waals surface area contributed by atoms with Gasteiger partial charge in [0.15, 0.2) is 5.78 Å². The number of hydrogen-bond acceptors (Lipinski definition) is 3. The minimum absolute atomic E-state index is 0.0134. The molecule has 39 heavy (non-hydrogen) atoms. The van der Waals surface area contributed by atoms with E-state index in [4.69, 9.17) is 4.74 Å². The molecular formula is C34H31FN2O2. The first kappa shape index (κ1) is 24.9. The average molecular weight is 519 g/mol. The first-order valence-electron chi connectivity index (χ1n) is 13.5. The summed E-state index contributed by atoms with van der Waals surface area (Å²) in [5.74, 6) is -0.224. The largest absolute Gasteiger partial charge is 0.496 e. The number of halogens is 1. The van der Waals surface area contributed by atoms with Gasteiger partial charge in [-0.05, 0) is 77.9 Å². The van der Waals surface area contributed by atoms with Gasteiger partial charge in [-0.15, -0.1) is 0 Å². The summed E-state index contributed by atoms with van der Waals surface area (Å²) in [4.78, 5) is 19.6. The predicted molar refractivity (Wildman–Crippen MR) is 155 cm³/mol. The summed E-state index contributed by atoms with van der Waals surface area (Å²) in [7, 11) is 1.57. The molecule has 5 aromatic rings. The summed E-state index contributed by atoms with van der Waals surface area (Å²) in [6.07, 6.45) is 2.66. The van der Waals surface area contributed by atoms with E-state index in [1.165, 1.54) is 30.7 Å². The summed E-state index contributed by atoms with van der Waals surface area (Å²) >= 11 is 0.